The molecule has 0 fully saturated rings. The second-order valence-corrected chi connectivity index (χ2v) is 13.2. The van der Waals surface area contributed by atoms with Gasteiger partial charge in [0.1, 0.15) is 0 Å². The fourth-order valence-corrected chi connectivity index (χ4v) is 8.72. The maximum atomic E-state index is 9.83. The summed E-state index contributed by atoms with van der Waals surface area (Å²) in [4.78, 5) is 15.6. The van der Waals surface area contributed by atoms with Crippen LogP contribution in [0.15, 0.2) is 146 Å². The van der Waals surface area contributed by atoms with Crippen LogP contribution in [0.5, 0.6) is 0 Å². The maximum absolute atomic E-state index is 9.83. The lowest BCUT2D eigenvalue weighted by molar-refractivity contribution is 1.05. The first-order valence-corrected chi connectivity index (χ1v) is 17.0. The minimum absolute atomic E-state index is 0.485. The summed E-state index contributed by atoms with van der Waals surface area (Å²) in [5, 5.41) is 10.4. The first-order chi connectivity index (χ1) is 25.6. The third kappa shape index (κ3) is 3.28. The summed E-state index contributed by atoms with van der Waals surface area (Å²) in [5.41, 5.74) is 8.67. The average molecular weight is 637 g/mol. The predicted octanol–water partition coefficient (Wildman–Crippen LogP) is 11.4. The van der Waals surface area contributed by atoms with Gasteiger partial charge in [-0.3, -0.25) is 9.38 Å². The van der Waals surface area contributed by atoms with E-state index in [4.69, 9.17) is 15.0 Å². The van der Waals surface area contributed by atoms with E-state index >= 15 is 0 Å². The van der Waals surface area contributed by atoms with E-state index in [2.05, 4.69) is 121 Å². The molecule has 230 valence electrons. The largest absolute Gasteiger partial charge is 0.279 e. The first kappa shape index (κ1) is 24.5. The van der Waals surface area contributed by atoms with Crippen LogP contribution in [0.25, 0.3) is 104 Å². The normalized spacial score (nSPS) is 14.3. The van der Waals surface area contributed by atoms with Crippen molar-refractivity contribution in [2.75, 3.05) is 0 Å². The summed E-state index contributed by atoms with van der Waals surface area (Å²) in [6.07, 6.45) is -0.0888. The number of nitrogens with zero attached hydrogens (tertiary/aromatic N) is 4. The fraction of sp³-hybridized carbons (Fsp3) is 0.0217. The fourth-order valence-electron chi connectivity index (χ4n) is 8.72. The topological polar surface area (TPSA) is 43.1 Å². The number of rotatable bonds is 2. The molecule has 0 amide bonds. The van der Waals surface area contributed by atoms with Crippen LogP contribution in [0, 0.1) is 0 Å². The van der Waals surface area contributed by atoms with E-state index < -0.39 is 6.37 Å². The molecule has 8 aromatic carbocycles. The molecule has 3 aromatic heterocycles. The van der Waals surface area contributed by atoms with Gasteiger partial charge in [-0.2, -0.15) is 0 Å². The first-order valence-electron chi connectivity index (χ1n) is 18.0. The van der Waals surface area contributed by atoms with E-state index in [0.717, 1.165) is 92.6 Å². The van der Waals surface area contributed by atoms with Gasteiger partial charge in [0.2, 0.25) is 5.78 Å². The highest BCUT2D eigenvalue weighted by Crippen LogP contribution is 2.49. The summed E-state index contributed by atoms with van der Waals surface area (Å²) in [7, 11) is 0. The molecular formula is C46H26N4. The van der Waals surface area contributed by atoms with Crippen LogP contribution in [0.4, 0.5) is 0 Å². The lowest BCUT2D eigenvalue weighted by atomic mass is 9.85. The summed E-state index contributed by atoms with van der Waals surface area (Å²) in [5.74, 6) is 0.485. The third-order valence-corrected chi connectivity index (χ3v) is 10.7. The van der Waals surface area contributed by atoms with Gasteiger partial charge in [0.05, 0.1) is 22.1 Å². The number of pyridine rings is 1. The van der Waals surface area contributed by atoms with Crippen molar-refractivity contribution < 1.29 is 2.74 Å². The van der Waals surface area contributed by atoms with Crippen molar-refractivity contribution in [2.45, 2.75) is 6.37 Å². The lowest BCUT2D eigenvalue weighted by Gasteiger charge is -2.19. The second-order valence-electron chi connectivity index (χ2n) is 13.2. The Bertz CT molecular complexity index is 3330. The van der Waals surface area contributed by atoms with Crippen molar-refractivity contribution >= 4 is 81.7 Å². The number of hydrogen-bond donors (Lipinski definition) is 0. The number of imidazole rings is 1. The molecule has 1 aliphatic carbocycles. The van der Waals surface area contributed by atoms with Crippen LogP contribution in [-0.2, 0) is 6.37 Å². The smallest absolute Gasteiger partial charge is 0.235 e. The molecule has 0 N–H and O–H groups in total. The number of benzene rings is 8. The molecule has 0 unspecified atom stereocenters. The zero-order valence-electron chi connectivity index (χ0n) is 28.6. The summed E-state index contributed by atoms with van der Waals surface area (Å²) in [6, 6.07) is 48.5. The van der Waals surface area contributed by atoms with Gasteiger partial charge >= 0.3 is 0 Å². The van der Waals surface area contributed by atoms with Crippen LogP contribution in [0.3, 0.4) is 0 Å². The van der Waals surface area contributed by atoms with Crippen LogP contribution in [0.1, 0.15) is 14.0 Å². The molecule has 11 aromatic rings. The van der Waals surface area contributed by atoms with Crippen molar-refractivity contribution in [1.29, 1.82) is 0 Å². The molecule has 3 heterocycles. The van der Waals surface area contributed by atoms with E-state index in [-0.39, 0.29) is 0 Å². The molecule has 0 saturated heterocycles. The molecule has 0 saturated carbocycles. The van der Waals surface area contributed by atoms with Crippen LogP contribution < -0.4 is 0 Å². The molecule has 4 heteroatoms. The molecule has 12 rings (SSSR count). The highest BCUT2D eigenvalue weighted by atomic mass is 15.1. The van der Waals surface area contributed by atoms with E-state index in [9.17, 15) is 2.74 Å². The molecule has 50 heavy (non-hydrogen) atoms. The molecule has 0 spiro atoms. The van der Waals surface area contributed by atoms with Crippen molar-refractivity contribution in [1.82, 2.24) is 19.4 Å². The minimum Gasteiger partial charge on any atom is -0.279 e. The molecule has 1 aliphatic rings. The molecule has 0 aliphatic heterocycles. The van der Waals surface area contributed by atoms with Crippen molar-refractivity contribution in [3.05, 3.63) is 157 Å². The Balaban J connectivity index is 1.33. The molecule has 4 nitrogen and oxygen atoms in total. The van der Waals surface area contributed by atoms with Gasteiger partial charge < -0.3 is 0 Å². The van der Waals surface area contributed by atoms with Gasteiger partial charge in [0, 0.05) is 48.1 Å². The SMILES string of the molecule is [2H]C1([2H])c2ccnc3cc(-c4c5ccccc5c(-c5ccccc5)c5ccccc45)c4nc5nc6c7ccccc7c7ccccc7c6n5c1c4c23. The Hall–Kier alpha value is -6.65. The Morgan fingerprint density at radius 2 is 1.08 bits per heavy atom. The van der Waals surface area contributed by atoms with Crippen molar-refractivity contribution in [3.63, 3.8) is 0 Å². The summed E-state index contributed by atoms with van der Waals surface area (Å²) < 4.78 is 21.7. The summed E-state index contributed by atoms with van der Waals surface area (Å²) in [6.45, 7) is 0. The lowest BCUT2D eigenvalue weighted by Crippen LogP contribution is -2.00. The highest BCUT2D eigenvalue weighted by Gasteiger charge is 2.28. The van der Waals surface area contributed by atoms with Gasteiger partial charge in [-0.05, 0) is 66.7 Å². The van der Waals surface area contributed by atoms with E-state index in [1.54, 1.807) is 6.20 Å². The van der Waals surface area contributed by atoms with Gasteiger partial charge in [0.25, 0.3) is 0 Å². The monoisotopic (exact) mass is 636 g/mol. The van der Waals surface area contributed by atoms with E-state index in [1.165, 1.54) is 5.56 Å². The summed E-state index contributed by atoms with van der Waals surface area (Å²) >= 11 is 0. The standard InChI is InChI=1S/C46H26N4/c1-2-12-26(13-3-1)39-30-16-6-8-18-32(30)41(33-19-9-7-17-31(33)39)36-25-37-40-27(22-23-47-37)24-38-42(40)43(36)48-46-49-44-34-20-10-4-14-28(34)29-15-5-11-21-35(29)45(44)50(38)46/h1-23,25H,24H2/i24D2. The van der Waals surface area contributed by atoms with Crippen molar-refractivity contribution in [2.24, 2.45) is 0 Å². The number of aromatic nitrogens is 4. The Morgan fingerprint density at radius 3 is 1.78 bits per heavy atom. The third-order valence-electron chi connectivity index (χ3n) is 10.7. The van der Waals surface area contributed by atoms with Gasteiger partial charge in [-0.25, -0.2) is 9.97 Å². The highest BCUT2D eigenvalue weighted by molar-refractivity contribution is 6.27. The molecular weight excluding hydrogens is 609 g/mol. The van der Waals surface area contributed by atoms with Gasteiger partial charge in [-0.15, -0.1) is 0 Å². The van der Waals surface area contributed by atoms with Gasteiger partial charge in [0.15, 0.2) is 0 Å². The van der Waals surface area contributed by atoms with Crippen LogP contribution in [-0.4, -0.2) is 19.4 Å². The number of hydrogen-bond acceptors (Lipinski definition) is 3. The quantitative estimate of drug-likeness (QED) is 0.140. The molecule has 0 atom stereocenters. The molecule has 0 bridgehead atoms. The van der Waals surface area contributed by atoms with E-state index in [0.29, 0.717) is 17.0 Å². The predicted molar refractivity (Wildman–Crippen MR) is 207 cm³/mol. The Kier molecular flexibility index (Phi) is 4.65. The van der Waals surface area contributed by atoms with E-state index in [1.807, 2.05) is 22.6 Å². The van der Waals surface area contributed by atoms with Crippen LogP contribution in [0.2, 0.25) is 0 Å². The Morgan fingerprint density at radius 1 is 0.520 bits per heavy atom. The van der Waals surface area contributed by atoms with Gasteiger partial charge in [-0.1, -0.05) is 127 Å². The number of fused-ring (bicyclic) bond motifs is 11. The maximum Gasteiger partial charge on any atom is 0.235 e. The zero-order valence-corrected chi connectivity index (χ0v) is 26.6. The Labute approximate surface area is 288 Å². The second kappa shape index (κ2) is 9.49. The minimum atomic E-state index is -1.83. The van der Waals surface area contributed by atoms with Crippen LogP contribution >= 0.6 is 0 Å². The zero-order chi connectivity index (χ0) is 34.3. The average Bonchev–Trinajstić information content (AvgIpc) is 3.69. The van der Waals surface area contributed by atoms with Crippen molar-refractivity contribution in [3.8, 4) is 22.3 Å². The molecule has 0 radical (unpaired) electrons.